The third kappa shape index (κ3) is 3.01. The van der Waals surface area contributed by atoms with E-state index in [2.05, 4.69) is 20.6 Å². The van der Waals surface area contributed by atoms with Crippen molar-refractivity contribution in [3.8, 4) is 0 Å². The molecule has 2 heterocycles. The van der Waals surface area contributed by atoms with Crippen LogP contribution in [-0.4, -0.2) is 9.97 Å². The molecule has 0 amide bonds. The van der Waals surface area contributed by atoms with E-state index in [1.807, 2.05) is 0 Å². The van der Waals surface area contributed by atoms with Crippen molar-refractivity contribution in [1.29, 1.82) is 0 Å². The van der Waals surface area contributed by atoms with Gasteiger partial charge in [-0.3, -0.25) is 0 Å². The van der Waals surface area contributed by atoms with Gasteiger partial charge in [0.05, 0.1) is 17.3 Å². The average molecular weight is 322 g/mol. The van der Waals surface area contributed by atoms with Crippen LogP contribution in [0.15, 0.2) is 18.2 Å². The highest BCUT2D eigenvalue weighted by molar-refractivity contribution is 5.50. The summed E-state index contributed by atoms with van der Waals surface area (Å²) >= 11 is 0. The number of aryl methyl sites for hydroxylation is 1. The second kappa shape index (κ2) is 6.16. The van der Waals surface area contributed by atoms with Crippen molar-refractivity contribution >= 4 is 5.82 Å². The van der Waals surface area contributed by atoms with Crippen LogP contribution in [0, 0.1) is 12.7 Å². The predicted molar refractivity (Wildman–Crippen MR) is 80.7 cm³/mol. The Bertz CT molecular complexity index is 734. The molecular formula is C16H17F3N4. The van der Waals surface area contributed by atoms with Crippen molar-refractivity contribution in [2.75, 3.05) is 5.32 Å². The van der Waals surface area contributed by atoms with Crippen LogP contribution in [0.4, 0.5) is 19.0 Å². The number of benzene rings is 1. The molecule has 0 saturated carbocycles. The summed E-state index contributed by atoms with van der Waals surface area (Å²) in [5.41, 5.74) is 1.46. The Kier molecular flexibility index (Phi) is 4.21. The molecule has 4 nitrogen and oxygen atoms in total. The number of halogens is 3. The molecule has 1 aromatic heterocycles. The fourth-order valence-corrected chi connectivity index (χ4v) is 2.77. The molecule has 0 unspecified atom stereocenters. The Morgan fingerprint density at radius 1 is 1.17 bits per heavy atom. The molecule has 0 aliphatic carbocycles. The third-order valence-corrected chi connectivity index (χ3v) is 3.91. The quantitative estimate of drug-likeness (QED) is 0.902. The smallest absolute Gasteiger partial charge is 0.266 e. The molecule has 0 saturated heterocycles. The summed E-state index contributed by atoms with van der Waals surface area (Å²) in [5, 5.41) is 6.32. The van der Waals surface area contributed by atoms with E-state index < -0.39 is 23.8 Å². The van der Waals surface area contributed by atoms with Gasteiger partial charge in [-0.1, -0.05) is 18.2 Å². The topological polar surface area (TPSA) is 49.8 Å². The Morgan fingerprint density at radius 3 is 2.65 bits per heavy atom. The first-order valence-corrected chi connectivity index (χ1v) is 7.37. The molecule has 2 aromatic rings. The average Bonchev–Trinajstić information content (AvgIpc) is 2.95. The molecule has 0 fully saturated rings. The standard InChI is InChI=1S/C16H17F3N4/c1-8(10-4-3-5-11(14(10)17)15(18)19)21-16-12-6-20-7-13(12)22-9(2)23-16/h3-5,8,15,20H,6-7H2,1-2H3,(H,21,22,23)/t8-/m1/s1. The molecule has 3 rings (SSSR count). The number of anilines is 1. The second-order valence-electron chi connectivity index (χ2n) is 5.57. The van der Waals surface area contributed by atoms with Gasteiger partial charge < -0.3 is 10.6 Å². The van der Waals surface area contributed by atoms with Crippen LogP contribution in [-0.2, 0) is 13.1 Å². The molecular weight excluding hydrogens is 305 g/mol. The van der Waals surface area contributed by atoms with Gasteiger partial charge in [-0.2, -0.15) is 0 Å². The van der Waals surface area contributed by atoms with Gasteiger partial charge in [0.2, 0.25) is 0 Å². The van der Waals surface area contributed by atoms with Crippen LogP contribution in [0.5, 0.6) is 0 Å². The Balaban J connectivity index is 1.92. The van der Waals surface area contributed by atoms with Gasteiger partial charge in [-0.15, -0.1) is 0 Å². The van der Waals surface area contributed by atoms with E-state index in [-0.39, 0.29) is 5.56 Å². The minimum atomic E-state index is -2.84. The number of alkyl halides is 2. The molecule has 0 bridgehead atoms. The van der Waals surface area contributed by atoms with Gasteiger partial charge in [0.1, 0.15) is 17.5 Å². The van der Waals surface area contributed by atoms with E-state index >= 15 is 0 Å². The van der Waals surface area contributed by atoms with Gasteiger partial charge in [0, 0.05) is 24.2 Å². The Hall–Kier alpha value is -2.15. The van der Waals surface area contributed by atoms with Crippen molar-refractivity contribution in [2.24, 2.45) is 0 Å². The molecule has 2 N–H and O–H groups in total. The Morgan fingerprint density at radius 2 is 1.91 bits per heavy atom. The number of nitrogens with one attached hydrogen (secondary N) is 2. The lowest BCUT2D eigenvalue weighted by Gasteiger charge is -2.19. The van der Waals surface area contributed by atoms with Crippen molar-refractivity contribution in [3.63, 3.8) is 0 Å². The van der Waals surface area contributed by atoms with Gasteiger partial charge in [-0.05, 0) is 13.8 Å². The SMILES string of the molecule is Cc1nc2c(c(N[C@H](C)c3cccc(C(F)F)c3F)n1)CNC2. The van der Waals surface area contributed by atoms with Crippen molar-refractivity contribution in [1.82, 2.24) is 15.3 Å². The second-order valence-corrected chi connectivity index (χ2v) is 5.57. The summed E-state index contributed by atoms with van der Waals surface area (Å²) in [5.74, 6) is 0.360. The van der Waals surface area contributed by atoms with Crippen molar-refractivity contribution < 1.29 is 13.2 Å². The van der Waals surface area contributed by atoms with E-state index in [4.69, 9.17) is 0 Å². The lowest BCUT2D eigenvalue weighted by atomic mass is 10.0. The highest BCUT2D eigenvalue weighted by Gasteiger charge is 2.22. The van der Waals surface area contributed by atoms with E-state index in [0.29, 0.717) is 24.7 Å². The lowest BCUT2D eigenvalue weighted by molar-refractivity contribution is 0.146. The van der Waals surface area contributed by atoms with Gasteiger partial charge in [0.15, 0.2) is 0 Å². The first-order chi connectivity index (χ1) is 11.0. The fourth-order valence-electron chi connectivity index (χ4n) is 2.77. The fraction of sp³-hybridized carbons (Fsp3) is 0.375. The summed E-state index contributed by atoms with van der Waals surface area (Å²) in [7, 11) is 0. The number of hydrogen-bond acceptors (Lipinski definition) is 4. The highest BCUT2D eigenvalue weighted by atomic mass is 19.3. The van der Waals surface area contributed by atoms with E-state index in [1.165, 1.54) is 12.1 Å². The maximum absolute atomic E-state index is 14.3. The van der Waals surface area contributed by atoms with Crippen LogP contribution >= 0.6 is 0 Å². The zero-order valence-electron chi connectivity index (χ0n) is 12.8. The molecule has 0 radical (unpaired) electrons. The van der Waals surface area contributed by atoms with Crippen LogP contribution in [0.2, 0.25) is 0 Å². The predicted octanol–water partition coefficient (Wildman–Crippen LogP) is 3.64. The molecule has 1 aliphatic rings. The molecule has 0 spiro atoms. The van der Waals surface area contributed by atoms with Crippen LogP contribution in [0.25, 0.3) is 0 Å². The Labute approximate surface area is 132 Å². The lowest BCUT2D eigenvalue weighted by Crippen LogP contribution is -2.14. The third-order valence-electron chi connectivity index (χ3n) is 3.91. The van der Waals surface area contributed by atoms with E-state index in [1.54, 1.807) is 13.8 Å². The highest BCUT2D eigenvalue weighted by Crippen LogP contribution is 2.30. The van der Waals surface area contributed by atoms with Crippen molar-refractivity contribution in [2.45, 2.75) is 39.4 Å². The maximum Gasteiger partial charge on any atom is 0.266 e. The first-order valence-electron chi connectivity index (χ1n) is 7.37. The van der Waals surface area contributed by atoms with E-state index in [9.17, 15) is 13.2 Å². The molecule has 1 aromatic carbocycles. The monoisotopic (exact) mass is 322 g/mol. The number of aromatic nitrogens is 2. The normalized spacial score (nSPS) is 14.9. The van der Waals surface area contributed by atoms with Gasteiger partial charge in [0.25, 0.3) is 6.43 Å². The number of fused-ring (bicyclic) bond motifs is 1. The maximum atomic E-state index is 14.3. The van der Waals surface area contributed by atoms with Crippen molar-refractivity contribution in [3.05, 3.63) is 52.2 Å². The summed E-state index contributed by atoms with van der Waals surface area (Å²) in [6, 6.07) is 3.56. The van der Waals surface area contributed by atoms with Crippen LogP contribution < -0.4 is 10.6 Å². The minimum absolute atomic E-state index is 0.193. The molecule has 7 heteroatoms. The summed E-state index contributed by atoms with van der Waals surface area (Å²) in [6.45, 7) is 4.80. The molecule has 1 atom stereocenters. The van der Waals surface area contributed by atoms with Crippen LogP contribution in [0.1, 0.15) is 47.6 Å². The van der Waals surface area contributed by atoms with Gasteiger partial charge in [-0.25, -0.2) is 23.1 Å². The summed E-state index contributed by atoms with van der Waals surface area (Å²) < 4.78 is 39.9. The molecule has 1 aliphatic heterocycles. The summed E-state index contributed by atoms with van der Waals surface area (Å²) in [4.78, 5) is 8.73. The molecule has 23 heavy (non-hydrogen) atoms. The molecule has 122 valence electrons. The summed E-state index contributed by atoms with van der Waals surface area (Å²) in [6.07, 6.45) is -2.84. The van der Waals surface area contributed by atoms with Gasteiger partial charge >= 0.3 is 0 Å². The number of rotatable bonds is 4. The zero-order chi connectivity index (χ0) is 16.6. The number of hydrogen-bond donors (Lipinski definition) is 2. The van der Waals surface area contributed by atoms with E-state index in [0.717, 1.165) is 17.3 Å². The zero-order valence-corrected chi connectivity index (χ0v) is 12.8. The number of nitrogens with zero attached hydrogens (tertiary/aromatic N) is 2. The minimum Gasteiger partial charge on any atom is -0.363 e. The van der Waals surface area contributed by atoms with Crippen LogP contribution in [0.3, 0.4) is 0 Å². The first kappa shape index (κ1) is 15.7. The largest absolute Gasteiger partial charge is 0.363 e.